The van der Waals surface area contributed by atoms with E-state index in [0.29, 0.717) is 18.0 Å². The van der Waals surface area contributed by atoms with Crippen molar-refractivity contribution in [1.29, 1.82) is 10.5 Å². The highest BCUT2D eigenvalue weighted by Gasteiger charge is 2.50. The van der Waals surface area contributed by atoms with Crippen LogP contribution in [0.5, 0.6) is 0 Å². The summed E-state index contributed by atoms with van der Waals surface area (Å²) in [5, 5.41) is 18.5. The number of nitrogens with zero attached hydrogens (tertiary/aromatic N) is 5. The van der Waals surface area contributed by atoms with Gasteiger partial charge in [-0.3, -0.25) is 9.69 Å². The van der Waals surface area contributed by atoms with E-state index in [1.54, 1.807) is 12.1 Å². The van der Waals surface area contributed by atoms with Crippen molar-refractivity contribution in [2.24, 2.45) is 11.7 Å². The summed E-state index contributed by atoms with van der Waals surface area (Å²) in [5.41, 5.74) is 8.58. The molecule has 3 saturated heterocycles. The molecule has 0 radical (unpaired) electrons. The van der Waals surface area contributed by atoms with Crippen LogP contribution in [0.2, 0.25) is 0 Å². The monoisotopic (exact) mass is 390 g/mol. The Morgan fingerprint density at radius 3 is 2.83 bits per heavy atom. The summed E-state index contributed by atoms with van der Waals surface area (Å²) in [7, 11) is 0. The van der Waals surface area contributed by atoms with Crippen LogP contribution >= 0.6 is 0 Å². The molecule has 29 heavy (non-hydrogen) atoms. The Kier molecular flexibility index (Phi) is 5.04. The molecular weight excluding hydrogens is 364 g/mol. The second kappa shape index (κ2) is 7.51. The smallest absolute Gasteiger partial charge is 0.244 e. The van der Waals surface area contributed by atoms with Gasteiger partial charge in [0, 0.05) is 31.0 Å². The van der Waals surface area contributed by atoms with E-state index in [1.807, 2.05) is 21.9 Å². The number of fused-ring (bicyclic) bond motifs is 2. The van der Waals surface area contributed by atoms with Gasteiger partial charge in [-0.2, -0.15) is 10.5 Å². The SMILES string of the molecule is C=C(C(N)CN1C[C@@H]2CC1C(=O)N2c1cccc(C#N)c1)N1CC(C)CC1C#N. The molecule has 150 valence electrons. The first-order chi connectivity index (χ1) is 13.9. The zero-order valence-electron chi connectivity index (χ0n) is 16.7. The quantitative estimate of drug-likeness (QED) is 0.816. The second-order valence-electron chi connectivity index (χ2n) is 8.47. The number of nitriles is 2. The molecule has 2 bridgehead atoms. The van der Waals surface area contributed by atoms with E-state index in [-0.39, 0.29) is 30.1 Å². The van der Waals surface area contributed by atoms with Gasteiger partial charge in [-0.05, 0) is 37.0 Å². The molecule has 3 aliphatic heterocycles. The molecular formula is C22H26N6O. The Balaban J connectivity index is 1.42. The maximum absolute atomic E-state index is 13.0. The number of carbonyl (C=O) groups is 1. The average molecular weight is 390 g/mol. The van der Waals surface area contributed by atoms with Crippen molar-refractivity contribution in [1.82, 2.24) is 9.80 Å². The number of likely N-dealkylation sites (tertiary alicyclic amines) is 2. The van der Waals surface area contributed by atoms with Gasteiger partial charge in [0.15, 0.2) is 0 Å². The van der Waals surface area contributed by atoms with Crippen molar-refractivity contribution in [3.05, 3.63) is 42.1 Å². The maximum atomic E-state index is 13.0. The Morgan fingerprint density at radius 1 is 1.34 bits per heavy atom. The molecule has 0 saturated carbocycles. The summed E-state index contributed by atoms with van der Waals surface area (Å²) in [6, 6.07) is 11.1. The number of hydrogen-bond donors (Lipinski definition) is 1. The Hall–Kier alpha value is -2.87. The number of benzene rings is 1. The lowest BCUT2D eigenvalue weighted by atomic mass is 10.1. The molecule has 5 atom stereocenters. The Bertz CT molecular complexity index is 915. The maximum Gasteiger partial charge on any atom is 0.244 e. The Morgan fingerprint density at radius 2 is 2.14 bits per heavy atom. The molecule has 3 heterocycles. The van der Waals surface area contributed by atoms with E-state index in [4.69, 9.17) is 11.0 Å². The summed E-state index contributed by atoms with van der Waals surface area (Å²) in [6.45, 7) is 8.42. The van der Waals surface area contributed by atoms with Crippen molar-refractivity contribution in [2.75, 3.05) is 24.5 Å². The first-order valence-corrected chi connectivity index (χ1v) is 10.1. The fourth-order valence-electron chi connectivity index (χ4n) is 4.99. The minimum absolute atomic E-state index is 0.0684. The molecule has 7 heteroatoms. The van der Waals surface area contributed by atoms with Crippen LogP contribution in [0.4, 0.5) is 5.69 Å². The zero-order chi connectivity index (χ0) is 20.7. The highest BCUT2D eigenvalue weighted by Crippen LogP contribution is 2.36. The molecule has 3 fully saturated rings. The molecule has 4 unspecified atom stereocenters. The van der Waals surface area contributed by atoms with Crippen molar-refractivity contribution in [3.8, 4) is 12.1 Å². The van der Waals surface area contributed by atoms with E-state index >= 15 is 0 Å². The van der Waals surface area contributed by atoms with Gasteiger partial charge < -0.3 is 15.5 Å². The molecule has 1 aromatic carbocycles. The molecule has 0 spiro atoms. The van der Waals surface area contributed by atoms with Crippen molar-refractivity contribution in [2.45, 2.75) is 43.9 Å². The summed E-state index contributed by atoms with van der Waals surface area (Å²) >= 11 is 0. The van der Waals surface area contributed by atoms with Crippen molar-refractivity contribution >= 4 is 11.6 Å². The third kappa shape index (κ3) is 3.37. The van der Waals surface area contributed by atoms with Crippen LogP contribution in [-0.4, -0.2) is 59.5 Å². The number of carbonyl (C=O) groups excluding carboxylic acids is 1. The van der Waals surface area contributed by atoms with Crippen LogP contribution in [0, 0.1) is 28.6 Å². The van der Waals surface area contributed by atoms with E-state index < -0.39 is 0 Å². The van der Waals surface area contributed by atoms with Crippen molar-refractivity contribution < 1.29 is 4.79 Å². The van der Waals surface area contributed by atoms with Gasteiger partial charge in [0.1, 0.15) is 6.04 Å². The highest BCUT2D eigenvalue weighted by atomic mass is 16.2. The summed E-state index contributed by atoms with van der Waals surface area (Å²) in [5.74, 6) is 0.518. The van der Waals surface area contributed by atoms with Gasteiger partial charge in [-0.25, -0.2) is 0 Å². The lowest BCUT2D eigenvalue weighted by Crippen LogP contribution is -2.54. The van der Waals surface area contributed by atoms with Gasteiger partial charge in [0.2, 0.25) is 5.91 Å². The van der Waals surface area contributed by atoms with Gasteiger partial charge >= 0.3 is 0 Å². The molecule has 1 amide bonds. The number of anilines is 1. The highest BCUT2D eigenvalue weighted by molar-refractivity contribution is 6.01. The molecule has 2 N–H and O–H groups in total. The number of nitrogens with two attached hydrogens (primary N) is 1. The van der Waals surface area contributed by atoms with Crippen molar-refractivity contribution in [3.63, 3.8) is 0 Å². The lowest BCUT2D eigenvalue weighted by Gasteiger charge is -2.36. The summed E-state index contributed by atoms with van der Waals surface area (Å²) in [6.07, 6.45) is 1.61. The minimum Gasteiger partial charge on any atom is -0.358 e. The van der Waals surface area contributed by atoms with Gasteiger partial charge in [0.25, 0.3) is 0 Å². The van der Waals surface area contributed by atoms with E-state index in [1.165, 1.54) is 0 Å². The number of hydrogen-bond acceptors (Lipinski definition) is 6. The van der Waals surface area contributed by atoms with E-state index in [9.17, 15) is 10.1 Å². The lowest BCUT2D eigenvalue weighted by molar-refractivity contribution is -0.122. The third-order valence-corrected chi connectivity index (χ3v) is 6.41. The van der Waals surface area contributed by atoms with Gasteiger partial charge in [-0.1, -0.05) is 19.6 Å². The van der Waals surface area contributed by atoms with Crippen LogP contribution in [0.25, 0.3) is 0 Å². The van der Waals surface area contributed by atoms with Crippen LogP contribution in [0.15, 0.2) is 36.5 Å². The minimum atomic E-state index is -0.307. The number of amides is 1. The third-order valence-electron chi connectivity index (χ3n) is 6.41. The fraction of sp³-hybridized carbons (Fsp3) is 0.500. The molecule has 7 nitrogen and oxygen atoms in total. The molecule has 3 aliphatic rings. The predicted molar refractivity (Wildman–Crippen MR) is 109 cm³/mol. The molecule has 4 rings (SSSR count). The summed E-state index contributed by atoms with van der Waals surface area (Å²) in [4.78, 5) is 19.0. The van der Waals surface area contributed by atoms with E-state index in [0.717, 1.165) is 37.3 Å². The Labute approximate surface area is 171 Å². The van der Waals surface area contributed by atoms with Crippen LogP contribution in [0.1, 0.15) is 25.3 Å². The second-order valence-corrected chi connectivity index (χ2v) is 8.47. The van der Waals surface area contributed by atoms with E-state index in [2.05, 4.69) is 30.5 Å². The van der Waals surface area contributed by atoms with Crippen LogP contribution in [0.3, 0.4) is 0 Å². The largest absolute Gasteiger partial charge is 0.358 e. The predicted octanol–water partition coefficient (Wildman–Crippen LogP) is 1.42. The zero-order valence-corrected chi connectivity index (χ0v) is 16.7. The van der Waals surface area contributed by atoms with Gasteiger partial charge in [0.05, 0.1) is 35.8 Å². The average Bonchev–Trinajstić information content (AvgIpc) is 3.39. The van der Waals surface area contributed by atoms with Crippen LogP contribution in [-0.2, 0) is 4.79 Å². The summed E-state index contributed by atoms with van der Waals surface area (Å²) < 4.78 is 0. The normalized spacial score (nSPS) is 29.7. The first-order valence-electron chi connectivity index (χ1n) is 10.1. The standard InChI is InChI=1S/C22H26N6O/c1-14-6-18(10-24)27(11-14)15(2)20(25)13-26-12-19-8-21(26)22(29)28(19)17-5-3-4-16(7-17)9-23/h3-5,7,14,18-21H,2,6,8,11-13,25H2,1H3/t14?,18?,19-,20?,21?/m0/s1. The molecule has 0 aliphatic carbocycles. The fourth-order valence-corrected chi connectivity index (χ4v) is 4.99. The number of rotatable bonds is 5. The molecule has 1 aromatic rings. The topological polar surface area (TPSA) is 100 Å². The van der Waals surface area contributed by atoms with Crippen LogP contribution < -0.4 is 10.6 Å². The first kappa shape index (κ1) is 19.4. The van der Waals surface area contributed by atoms with Gasteiger partial charge in [-0.15, -0.1) is 0 Å². The number of piperazine rings is 1. The molecule has 0 aromatic heterocycles.